The quantitative estimate of drug-likeness (QED) is 0.828. The summed E-state index contributed by atoms with van der Waals surface area (Å²) in [5.41, 5.74) is 0. The third-order valence-electron chi connectivity index (χ3n) is 4.50. The zero-order chi connectivity index (χ0) is 14.5. The molecule has 0 bridgehead atoms. The van der Waals surface area contributed by atoms with E-state index in [1.807, 2.05) is 4.90 Å². The molecule has 5 nitrogen and oxygen atoms in total. The number of carbonyl (C=O) groups excluding carboxylic acids is 2. The van der Waals surface area contributed by atoms with Gasteiger partial charge in [-0.05, 0) is 44.7 Å². The first-order chi connectivity index (χ1) is 9.58. The van der Waals surface area contributed by atoms with E-state index in [0.717, 1.165) is 45.4 Å². The van der Waals surface area contributed by atoms with Crippen molar-refractivity contribution in [1.82, 2.24) is 15.1 Å². The van der Waals surface area contributed by atoms with Crippen molar-refractivity contribution in [2.24, 2.45) is 11.8 Å². The Morgan fingerprint density at radius 3 is 2.45 bits per heavy atom. The molecule has 2 aliphatic rings. The Morgan fingerprint density at radius 2 is 1.90 bits per heavy atom. The predicted molar refractivity (Wildman–Crippen MR) is 78.2 cm³/mol. The maximum Gasteiger partial charge on any atom is 0.225 e. The second kappa shape index (κ2) is 7.07. The maximum absolute atomic E-state index is 12.3. The van der Waals surface area contributed by atoms with E-state index in [2.05, 4.69) is 5.32 Å². The number of rotatable bonds is 3. The van der Waals surface area contributed by atoms with E-state index in [-0.39, 0.29) is 17.7 Å². The van der Waals surface area contributed by atoms with Crippen molar-refractivity contribution in [2.45, 2.75) is 32.1 Å². The Morgan fingerprint density at radius 1 is 1.20 bits per heavy atom. The highest BCUT2D eigenvalue weighted by Crippen LogP contribution is 2.21. The molecule has 0 spiro atoms. The summed E-state index contributed by atoms with van der Waals surface area (Å²) >= 11 is 0. The van der Waals surface area contributed by atoms with Gasteiger partial charge in [-0.1, -0.05) is 0 Å². The Hall–Kier alpha value is -1.10. The zero-order valence-corrected chi connectivity index (χ0v) is 12.7. The van der Waals surface area contributed by atoms with Crippen LogP contribution in [-0.4, -0.2) is 61.9 Å². The fraction of sp³-hybridized carbons (Fsp3) is 0.867. The van der Waals surface area contributed by atoms with Gasteiger partial charge in [0, 0.05) is 39.5 Å². The molecule has 0 radical (unpaired) electrons. The van der Waals surface area contributed by atoms with Gasteiger partial charge in [-0.2, -0.15) is 0 Å². The van der Waals surface area contributed by atoms with Crippen LogP contribution in [-0.2, 0) is 9.59 Å². The molecular weight excluding hydrogens is 254 g/mol. The number of hydrogen-bond donors (Lipinski definition) is 1. The van der Waals surface area contributed by atoms with E-state index in [4.69, 9.17) is 0 Å². The van der Waals surface area contributed by atoms with Crippen LogP contribution in [0, 0.1) is 11.8 Å². The minimum Gasteiger partial charge on any atom is -0.349 e. The molecular formula is C15H27N3O2. The average molecular weight is 281 g/mol. The third kappa shape index (κ3) is 3.95. The van der Waals surface area contributed by atoms with Crippen molar-refractivity contribution in [2.75, 3.05) is 40.3 Å². The molecule has 2 fully saturated rings. The summed E-state index contributed by atoms with van der Waals surface area (Å²) in [6.45, 7) is 3.54. The molecule has 2 saturated heterocycles. The SMILES string of the molecule is CN(C)C(=O)C1CCN(C(=O)CC2CCCNC2)CC1. The fourth-order valence-corrected chi connectivity index (χ4v) is 3.22. The van der Waals surface area contributed by atoms with Gasteiger partial charge >= 0.3 is 0 Å². The lowest BCUT2D eigenvalue weighted by molar-refractivity contribution is -0.139. The first-order valence-electron chi connectivity index (χ1n) is 7.77. The van der Waals surface area contributed by atoms with Gasteiger partial charge in [0.2, 0.25) is 11.8 Å². The Bertz CT molecular complexity index is 343. The Balaban J connectivity index is 1.75. The van der Waals surface area contributed by atoms with E-state index in [1.54, 1.807) is 19.0 Å². The minimum atomic E-state index is 0.102. The fourth-order valence-electron chi connectivity index (χ4n) is 3.22. The normalized spacial score (nSPS) is 24.5. The maximum atomic E-state index is 12.3. The van der Waals surface area contributed by atoms with Gasteiger partial charge in [-0.25, -0.2) is 0 Å². The van der Waals surface area contributed by atoms with E-state index in [0.29, 0.717) is 12.3 Å². The van der Waals surface area contributed by atoms with Crippen LogP contribution >= 0.6 is 0 Å². The number of amides is 2. The molecule has 2 heterocycles. The van der Waals surface area contributed by atoms with Crippen LogP contribution in [0.2, 0.25) is 0 Å². The molecule has 2 rings (SSSR count). The van der Waals surface area contributed by atoms with Gasteiger partial charge < -0.3 is 15.1 Å². The summed E-state index contributed by atoms with van der Waals surface area (Å²) in [4.78, 5) is 27.8. The Kier molecular flexibility index (Phi) is 5.40. The smallest absolute Gasteiger partial charge is 0.225 e. The van der Waals surface area contributed by atoms with Crippen molar-refractivity contribution in [1.29, 1.82) is 0 Å². The largest absolute Gasteiger partial charge is 0.349 e. The molecule has 0 aliphatic carbocycles. The van der Waals surface area contributed by atoms with Crippen LogP contribution in [0.1, 0.15) is 32.1 Å². The lowest BCUT2D eigenvalue weighted by Crippen LogP contribution is -2.44. The van der Waals surface area contributed by atoms with Gasteiger partial charge in [0.05, 0.1) is 0 Å². The molecule has 5 heteroatoms. The van der Waals surface area contributed by atoms with Crippen LogP contribution in [0.4, 0.5) is 0 Å². The topological polar surface area (TPSA) is 52.7 Å². The number of piperidine rings is 2. The molecule has 1 N–H and O–H groups in total. The molecule has 0 aromatic carbocycles. The minimum absolute atomic E-state index is 0.102. The summed E-state index contributed by atoms with van der Waals surface area (Å²) in [6.07, 6.45) is 4.63. The molecule has 1 atom stereocenters. The van der Waals surface area contributed by atoms with E-state index < -0.39 is 0 Å². The molecule has 0 aromatic rings. The monoisotopic (exact) mass is 281 g/mol. The van der Waals surface area contributed by atoms with Gasteiger partial charge in [0.15, 0.2) is 0 Å². The summed E-state index contributed by atoms with van der Waals surface area (Å²) in [6, 6.07) is 0. The van der Waals surface area contributed by atoms with Crippen LogP contribution in [0.25, 0.3) is 0 Å². The van der Waals surface area contributed by atoms with E-state index in [9.17, 15) is 9.59 Å². The summed E-state index contributed by atoms with van der Waals surface area (Å²) in [7, 11) is 3.60. The second-order valence-electron chi connectivity index (χ2n) is 6.30. The number of carbonyl (C=O) groups is 2. The van der Waals surface area contributed by atoms with Gasteiger partial charge in [0.1, 0.15) is 0 Å². The van der Waals surface area contributed by atoms with Crippen molar-refractivity contribution in [3.8, 4) is 0 Å². The number of likely N-dealkylation sites (tertiary alicyclic amines) is 1. The van der Waals surface area contributed by atoms with Crippen LogP contribution in [0.5, 0.6) is 0 Å². The van der Waals surface area contributed by atoms with Crippen LogP contribution < -0.4 is 5.32 Å². The summed E-state index contributed by atoms with van der Waals surface area (Å²) in [5.74, 6) is 1.07. The summed E-state index contributed by atoms with van der Waals surface area (Å²) < 4.78 is 0. The average Bonchev–Trinajstić information content (AvgIpc) is 2.47. The first-order valence-corrected chi connectivity index (χ1v) is 7.77. The van der Waals surface area contributed by atoms with Crippen molar-refractivity contribution >= 4 is 11.8 Å². The molecule has 0 aromatic heterocycles. The number of hydrogen-bond acceptors (Lipinski definition) is 3. The van der Waals surface area contributed by atoms with Crippen molar-refractivity contribution < 1.29 is 9.59 Å². The molecule has 0 saturated carbocycles. The highest BCUT2D eigenvalue weighted by Gasteiger charge is 2.29. The highest BCUT2D eigenvalue weighted by molar-refractivity contribution is 5.80. The molecule has 20 heavy (non-hydrogen) atoms. The summed E-state index contributed by atoms with van der Waals surface area (Å²) in [5, 5.41) is 3.36. The van der Waals surface area contributed by atoms with E-state index in [1.165, 1.54) is 6.42 Å². The molecule has 2 aliphatic heterocycles. The molecule has 114 valence electrons. The Labute approximate surface area is 121 Å². The number of nitrogens with one attached hydrogen (secondary N) is 1. The van der Waals surface area contributed by atoms with Crippen molar-refractivity contribution in [3.05, 3.63) is 0 Å². The predicted octanol–water partition coefficient (Wildman–Crippen LogP) is 0.703. The first kappa shape index (κ1) is 15.3. The van der Waals surface area contributed by atoms with Gasteiger partial charge in [0.25, 0.3) is 0 Å². The van der Waals surface area contributed by atoms with Crippen LogP contribution in [0.3, 0.4) is 0 Å². The highest BCUT2D eigenvalue weighted by atomic mass is 16.2. The van der Waals surface area contributed by atoms with Gasteiger partial charge in [-0.3, -0.25) is 9.59 Å². The zero-order valence-electron chi connectivity index (χ0n) is 12.7. The molecule has 2 amide bonds. The van der Waals surface area contributed by atoms with Crippen molar-refractivity contribution in [3.63, 3.8) is 0 Å². The van der Waals surface area contributed by atoms with E-state index >= 15 is 0 Å². The standard InChI is InChI=1S/C15H27N3O2/c1-17(2)15(20)13-5-8-18(9-6-13)14(19)10-12-4-3-7-16-11-12/h12-13,16H,3-11H2,1-2H3. The second-order valence-corrected chi connectivity index (χ2v) is 6.30. The lowest BCUT2D eigenvalue weighted by atomic mass is 9.93. The van der Waals surface area contributed by atoms with Crippen LogP contribution in [0.15, 0.2) is 0 Å². The third-order valence-corrected chi connectivity index (χ3v) is 4.50. The molecule has 1 unspecified atom stereocenters. The number of nitrogens with zero attached hydrogens (tertiary/aromatic N) is 2. The lowest BCUT2D eigenvalue weighted by Gasteiger charge is -2.33. The van der Waals surface area contributed by atoms with Gasteiger partial charge in [-0.15, -0.1) is 0 Å².